The summed E-state index contributed by atoms with van der Waals surface area (Å²) in [6, 6.07) is 6.93. The molecule has 1 aliphatic heterocycles. The average molecular weight is 338 g/mol. The van der Waals surface area contributed by atoms with Gasteiger partial charge in [-0.15, -0.1) is 0 Å². The van der Waals surface area contributed by atoms with Gasteiger partial charge < -0.3 is 10.1 Å². The Hall–Kier alpha value is -1.60. The number of anilines is 2. The number of hydrogen-bond donors (Lipinski definition) is 1. The highest BCUT2D eigenvalue weighted by Gasteiger charge is 2.30. The molecule has 3 rings (SSSR count). The minimum absolute atomic E-state index is 0.0437. The number of nitrogens with one attached hydrogen (secondary N) is 1. The molecule has 1 heterocycles. The molecule has 23 heavy (non-hydrogen) atoms. The molecule has 1 saturated heterocycles. The normalized spacial score (nSPS) is 19.3. The topological polar surface area (TPSA) is 75.7 Å². The van der Waals surface area contributed by atoms with Crippen LogP contribution in [0.15, 0.2) is 24.3 Å². The monoisotopic (exact) mass is 338 g/mol. The summed E-state index contributed by atoms with van der Waals surface area (Å²) < 4.78 is 31.2. The van der Waals surface area contributed by atoms with E-state index >= 15 is 0 Å². The molecule has 1 amide bonds. The van der Waals surface area contributed by atoms with Crippen molar-refractivity contribution in [3.05, 3.63) is 24.3 Å². The van der Waals surface area contributed by atoms with Crippen LogP contribution in [0.25, 0.3) is 0 Å². The number of carbonyl (C=O) groups excluding carboxylic acids is 1. The van der Waals surface area contributed by atoms with Gasteiger partial charge in [-0.1, -0.05) is 0 Å². The second-order valence-electron chi connectivity index (χ2n) is 6.21. The summed E-state index contributed by atoms with van der Waals surface area (Å²) in [6.07, 6.45) is 4.51. The zero-order valence-electron chi connectivity index (χ0n) is 13.2. The van der Waals surface area contributed by atoms with Gasteiger partial charge in [0.2, 0.25) is 15.9 Å². The Balaban J connectivity index is 1.77. The zero-order chi connectivity index (χ0) is 16.4. The molecule has 1 aromatic carbocycles. The van der Waals surface area contributed by atoms with Crippen molar-refractivity contribution in [3.63, 3.8) is 0 Å². The highest BCUT2D eigenvalue weighted by atomic mass is 32.2. The van der Waals surface area contributed by atoms with Gasteiger partial charge in [-0.25, -0.2) is 8.42 Å². The van der Waals surface area contributed by atoms with E-state index < -0.39 is 10.0 Å². The molecule has 0 radical (unpaired) electrons. The van der Waals surface area contributed by atoms with Crippen molar-refractivity contribution in [1.82, 2.24) is 0 Å². The third-order valence-corrected chi connectivity index (χ3v) is 5.44. The quantitative estimate of drug-likeness (QED) is 0.891. The Morgan fingerprint density at radius 1 is 1.13 bits per heavy atom. The molecule has 0 atom stereocenters. The Bertz CT molecular complexity index is 662. The van der Waals surface area contributed by atoms with E-state index in [9.17, 15) is 13.2 Å². The number of amides is 1. The number of nitrogens with zero attached hydrogens (tertiary/aromatic N) is 1. The predicted octanol–water partition coefficient (Wildman–Crippen LogP) is 1.98. The van der Waals surface area contributed by atoms with Crippen molar-refractivity contribution in [1.29, 1.82) is 0 Å². The Morgan fingerprint density at radius 2 is 1.74 bits per heavy atom. The van der Waals surface area contributed by atoms with E-state index in [-0.39, 0.29) is 17.9 Å². The van der Waals surface area contributed by atoms with Crippen molar-refractivity contribution in [2.75, 3.05) is 29.1 Å². The molecular weight excluding hydrogens is 316 g/mol. The molecule has 0 spiro atoms. The summed E-state index contributed by atoms with van der Waals surface area (Å²) in [4.78, 5) is 11.8. The number of rotatable bonds is 5. The van der Waals surface area contributed by atoms with Gasteiger partial charge in [0.25, 0.3) is 0 Å². The number of hydrogen-bond acceptors (Lipinski definition) is 4. The maximum atomic E-state index is 12.2. The molecule has 0 unspecified atom stereocenters. The Kier molecular flexibility index (Phi) is 4.59. The van der Waals surface area contributed by atoms with E-state index in [1.165, 1.54) is 10.6 Å². The second kappa shape index (κ2) is 6.49. The number of sulfonamides is 1. The lowest BCUT2D eigenvalue weighted by Gasteiger charge is -2.34. The zero-order valence-corrected chi connectivity index (χ0v) is 14.0. The first-order valence-electron chi connectivity index (χ1n) is 7.93. The van der Waals surface area contributed by atoms with Gasteiger partial charge in [0.1, 0.15) is 0 Å². The molecule has 2 aliphatic rings. The third kappa shape index (κ3) is 4.03. The predicted molar refractivity (Wildman–Crippen MR) is 89.0 cm³/mol. The molecule has 1 aliphatic carbocycles. The highest BCUT2D eigenvalue weighted by Crippen LogP contribution is 2.31. The van der Waals surface area contributed by atoms with Crippen molar-refractivity contribution < 1.29 is 17.9 Å². The second-order valence-corrected chi connectivity index (χ2v) is 8.07. The lowest BCUT2D eigenvalue weighted by Crippen LogP contribution is -2.43. The minimum Gasteiger partial charge on any atom is -0.381 e. The van der Waals surface area contributed by atoms with Crippen molar-refractivity contribution in [2.45, 2.75) is 31.7 Å². The van der Waals surface area contributed by atoms with E-state index in [4.69, 9.17) is 4.74 Å². The van der Waals surface area contributed by atoms with Gasteiger partial charge in [-0.2, -0.15) is 0 Å². The fourth-order valence-corrected chi connectivity index (χ4v) is 4.13. The highest BCUT2D eigenvalue weighted by molar-refractivity contribution is 7.92. The molecule has 0 aromatic heterocycles. The summed E-state index contributed by atoms with van der Waals surface area (Å²) in [5, 5.41) is 2.86. The van der Waals surface area contributed by atoms with Crippen LogP contribution in [0.3, 0.4) is 0 Å². The lowest BCUT2D eigenvalue weighted by molar-refractivity contribution is -0.117. The van der Waals surface area contributed by atoms with E-state index in [0.717, 1.165) is 12.8 Å². The van der Waals surface area contributed by atoms with E-state index in [2.05, 4.69) is 5.32 Å². The van der Waals surface area contributed by atoms with E-state index in [1.54, 1.807) is 24.3 Å². The van der Waals surface area contributed by atoms with Crippen LogP contribution in [0.4, 0.5) is 11.4 Å². The van der Waals surface area contributed by atoms with E-state index in [1.807, 2.05) is 0 Å². The number of carbonyl (C=O) groups is 1. The minimum atomic E-state index is -3.37. The van der Waals surface area contributed by atoms with Gasteiger partial charge in [-0.05, 0) is 49.9 Å². The largest absolute Gasteiger partial charge is 0.381 e. The fraction of sp³-hybridized carbons (Fsp3) is 0.562. The van der Waals surface area contributed by atoms with Crippen LogP contribution in [-0.2, 0) is 19.6 Å². The van der Waals surface area contributed by atoms with Crippen LogP contribution in [0.2, 0.25) is 0 Å². The van der Waals surface area contributed by atoms with Gasteiger partial charge in [-0.3, -0.25) is 9.10 Å². The Labute approximate surface area is 136 Å². The summed E-state index contributed by atoms with van der Waals surface area (Å²) in [7, 11) is -3.37. The fourth-order valence-electron chi connectivity index (χ4n) is 2.87. The van der Waals surface area contributed by atoms with Gasteiger partial charge >= 0.3 is 0 Å². The van der Waals surface area contributed by atoms with Gasteiger partial charge in [0.15, 0.2) is 0 Å². The molecule has 7 heteroatoms. The first kappa shape index (κ1) is 16.3. The van der Waals surface area contributed by atoms with Gasteiger partial charge in [0, 0.05) is 30.9 Å². The molecule has 1 N–H and O–H groups in total. The van der Waals surface area contributed by atoms with Crippen LogP contribution in [-0.4, -0.2) is 39.8 Å². The average Bonchev–Trinajstić information content (AvgIpc) is 3.34. The number of ether oxygens (including phenoxy) is 1. The summed E-state index contributed by atoms with van der Waals surface area (Å²) in [5.74, 6) is 0.187. The van der Waals surface area contributed by atoms with Crippen LogP contribution in [0.5, 0.6) is 0 Å². The molecule has 1 aromatic rings. The van der Waals surface area contributed by atoms with Crippen molar-refractivity contribution in [3.8, 4) is 0 Å². The summed E-state index contributed by atoms with van der Waals surface area (Å²) in [5.41, 5.74) is 1.33. The van der Waals surface area contributed by atoms with Crippen molar-refractivity contribution in [2.24, 2.45) is 5.92 Å². The van der Waals surface area contributed by atoms with Crippen molar-refractivity contribution >= 4 is 27.3 Å². The van der Waals surface area contributed by atoms with Crippen LogP contribution in [0, 0.1) is 5.92 Å². The Morgan fingerprint density at radius 3 is 2.26 bits per heavy atom. The molecular formula is C16H22N2O4S. The lowest BCUT2D eigenvalue weighted by atomic mass is 10.1. The van der Waals surface area contributed by atoms with E-state index in [0.29, 0.717) is 37.4 Å². The molecule has 0 bridgehead atoms. The summed E-state index contributed by atoms with van der Waals surface area (Å²) in [6.45, 7) is 1.15. The maximum absolute atomic E-state index is 12.2. The molecule has 2 fully saturated rings. The van der Waals surface area contributed by atoms with Crippen LogP contribution in [0.1, 0.15) is 25.7 Å². The SMILES string of the molecule is CS(=O)(=O)N(c1ccc(NC(=O)C2CC2)cc1)C1CCOCC1. The third-order valence-electron chi connectivity index (χ3n) is 4.22. The maximum Gasteiger partial charge on any atom is 0.232 e. The van der Waals surface area contributed by atoms with Gasteiger partial charge in [0.05, 0.1) is 11.9 Å². The first-order valence-corrected chi connectivity index (χ1v) is 9.78. The molecule has 1 saturated carbocycles. The van der Waals surface area contributed by atoms with Crippen LogP contribution < -0.4 is 9.62 Å². The standard InChI is InChI=1S/C16H22N2O4S/c1-23(20,21)18(15-8-10-22-11-9-15)14-6-4-13(5-7-14)17-16(19)12-2-3-12/h4-7,12,15H,2-3,8-11H2,1H3,(H,17,19). The molecule has 126 valence electrons. The first-order chi connectivity index (χ1) is 10.9. The smallest absolute Gasteiger partial charge is 0.232 e. The molecule has 6 nitrogen and oxygen atoms in total. The number of benzene rings is 1. The van der Waals surface area contributed by atoms with Crippen LogP contribution >= 0.6 is 0 Å². The summed E-state index contributed by atoms with van der Waals surface area (Å²) >= 11 is 0.